The summed E-state index contributed by atoms with van der Waals surface area (Å²) < 4.78 is 24.7. The van der Waals surface area contributed by atoms with Crippen LogP contribution in [0.5, 0.6) is 0 Å². The van der Waals surface area contributed by atoms with Gasteiger partial charge in [0.2, 0.25) is 6.43 Å². The highest BCUT2D eigenvalue weighted by atomic mass is 32.2. The van der Waals surface area contributed by atoms with Crippen molar-refractivity contribution in [3.8, 4) is 6.07 Å². The monoisotopic (exact) mass is 256 g/mol. The molecule has 1 fully saturated rings. The van der Waals surface area contributed by atoms with Gasteiger partial charge in [0.1, 0.15) is 11.6 Å². The third-order valence-electron chi connectivity index (χ3n) is 2.62. The Hall–Kier alpha value is -1.42. The van der Waals surface area contributed by atoms with Gasteiger partial charge in [-0.3, -0.25) is 0 Å². The van der Waals surface area contributed by atoms with Crippen LogP contribution in [0.4, 0.5) is 14.6 Å². The molecule has 2 rings (SSSR count). The van der Waals surface area contributed by atoms with Crippen molar-refractivity contribution < 1.29 is 8.78 Å². The molecule has 1 saturated heterocycles. The molecule has 1 aromatic heterocycles. The van der Waals surface area contributed by atoms with E-state index in [2.05, 4.69) is 9.97 Å². The average molecular weight is 256 g/mol. The van der Waals surface area contributed by atoms with Gasteiger partial charge in [-0.05, 0) is 6.26 Å². The topological polar surface area (TPSA) is 52.8 Å². The molecule has 0 bridgehead atoms. The van der Waals surface area contributed by atoms with Gasteiger partial charge in [0, 0.05) is 13.1 Å². The number of thioether (sulfide) groups is 1. The molecule has 90 valence electrons. The number of nitrogens with zero attached hydrogens (tertiary/aromatic N) is 4. The number of hydrogen-bond donors (Lipinski definition) is 0. The number of halogens is 2. The zero-order valence-electron chi connectivity index (χ0n) is 9.10. The van der Waals surface area contributed by atoms with E-state index in [1.807, 2.05) is 12.3 Å². The highest BCUT2D eigenvalue weighted by Gasteiger charge is 2.35. The number of aromatic nitrogens is 2. The minimum Gasteiger partial charge on any atom is -0.354 e. The van der Waals surface area contributed by atoms with Gasteiger partial charge >= 0.3 is 0 Å². The summed E-state index contributed by atoms with van der Waals surface area (Å²) in [4.78, 5) is 9.86. The predicted molar refractivity (Wildman–Crippen MR) is 60.2 cm³/mol. The first-order chi connectivity index (χ1) is 8.15. The molecule has 0 amide bonds. The lowest BCUT2D eigenvalue weighted by Gasteiger charge is -2.39. The Bertz CT molecular complexity index is 454. The molecular formula is C10H10F2N4S. The molecule has 0 atom stereocenters. The van der Waals surface area contributed by atoms with Crippen molar-refractivity contribution in [3.63, 3.8) is 0 Å². The van der Waals surface area contributed by atoms with Crippen LogP contribution in [0.3, 0.4) is 0 Å². The second-order valence-corrected chi connectivity index (χ2v) is 4.48. The molecular weight excluding hydrogens is 246 g/mol. The number of anilines is 1. The Morgan fingerprint density at radius 1 is 1.59 bits per heavy atom. The van der Waals surface area contributed by atoms with Crippen LogP contribution < -0.4 is 4.90 Å². The van der Waals surface area contributed by atoms with E-state index in [1.54, 1.807) is 4.90 Å². The number of alkyl halides is 2. The first-order valence-electron chi connectivity index (χ1n) is 5.00. The van der Waals surface area contributed by atoms with Crippen molar-refractivity contribution >= 4 is 17.6 Å². The number of hydrogen-bond acceptors (Lipinski definition) is 5. The largest absolute Gasteiger partial charge is 0.354 e. The fourth-order valence-electron chi connectivity index (χ4n) is 1.62. The summed E-state index contributed by atoms with van der Waals surface area (Å²) >= 11 is 1.35. The van der Waals surface area contributed by atoms with Gasteiger partial charge in [-0.25, -0.2) is 18.7 Å². The van der Waals surface area contributed by atoms with E-state index < -0.39 is 12.3 Å². The maximum Gasteiger partial charge on any atom is 0.244 e. The van der Waals surface area contributed by atoms with Gasteiger partial charge in [-0.1, -0.05) is 11.8 Å². The minimum atomic E-state index is -2.31. The highest BCUT2D eigenvalue weighted by molar-refractivity contribution is 7.98. The van der Waals surface area contributed by atoms with Crippen LogP contribution in [-0.4, -0.2) is 35.7 Å². The molecule has 0 aliphatic carbocycles. The summed E-state index contributed by atoms with van der Waals surface area (Å²) in [6.07, 6.45) is 0.950. The van der Waals surface area contributed by atoms with E-state index in [4.69, 9.17) is 5.26 Å². The van der Waals surface area contributed by atoms with E-state index in [1.165, 1.54) is 18.0 Å². The summed E-state index contributed by atoms with van der Waals surface area (Å²) in [6, 6.07) is 1.98. The summed E-state index contributed by atoms with van der Waals surface area (Å²) in [5.74, 6) is -0.155. The predicted octanol–water partition coefficient (Wildman–Crippen LogP) is 1.77. The molecule has 2 heterocycles. The van der Waals surface area contributed by atoms with Crippen LogP contribution in [0.2, 0.25) is 0 Å². The molecule has 0 N–H and O–H groups in total. The lowest BCUT2D eigenvalue weighted by Crippen LogP contribution is -2.50. The zero-order valence-corrected chi connectivity index (χ0v) is 9.92. The van der Waals surface area contributed by atoms with Gasteiger partial charge in [0.05, 0.1) is 12.1 Å². The lowest BCUT2D eigenvalue weighted by molar-refractivity contribution is 0.0610. The van der Waals surface area contributed by atoms with Crippen molar-refractivity contribution in [2.24, 2.45) is 5.92 Å². The number of nitriles is 1. The van der Waals surface area contributed by atoms with Gasteiger partial charge in [-0.2, -0.15) is 5.26 Å². The van der Waals surface area contributed by atoms with Crippen molar-refractivity contribution in [1.29, 1.82) is 5.26 Å². The van der Waals surface area contributed by atoms with Crippen LogP contribution in [0.25, 0.3) is 0 Å². The molecule has 0 saturated carbocycles. The zero-order chi connectivity index (χ0) is 12.4. The highest BCUT2D eigenvalue weighted by Crippen LogP contribution is 2.29. The van der Waals surface area contributed by atoms with Crippen molar-refractivity contribution in [2.75, 3.05) is 24.2 Å². The van der Waals surface area contributed by atoms with Crippen molar-refractivity contribution in [2.45, 2.75) is 11.6 Å². The Kier molecular flexibility index (Phi) is 3.43. The molecule has 7 heteroatoms. The Morgan fingerprint density at radius 2 is 2.29 bits per heavy atom. The van der Waals surface area contributed by atoms with Crippen LogP contribution in [-0.2, 0) is 0 Å². The van der Waals surface area contributed by atoms with E-state index in [-0.39, 0.29) is 13.1 Å². The second-order valence-electron chi connectivity index (χ2n) is 3.71. The molecule has 0 spiro atoms. The molecule has 4 nitrogen and oxygen atoms in total. The van der Waals surface area contributed by atoms with Crippen LogP contribution in [0, 0.1) is 17.2 Å². The standard InChI is InChI=1S/C10H10F2N4S/c1-17-10-14-3-6(2-13)9(15-10)16-4-7(5-16)8(11)12/h3,7-8H,4-5H2,1H3. The van der Waals surface area contributed by atoms with Crippen molar-refractivity contribution in [3.05, 3.63) is 11.8 Å². The summed E-state index contributed by atoms with van der Waals surface area (Å²) in [7, 11) is 0. The second kappa shape index (κ2) is 4.84. The van der Waals surface area contributed by atoms with Crippen LogP contribution in [0.1, 0.15) is 5.56 Å². The smallest absolute Gasteiger partial charge is 0.244 e. The van der Waals surface area contributed by atoms with Crippen LogP contribution >= 0.6 is 11.8 Å². The molecule has 1 aliphatic heterocycles. The Balaban J connectivity index is 2.18. The summed E-state index contributed by atoms with van der Waals surface area (Å²) in [5.41, 5.74) is 0.329. The third kappa shape index (κ3) is 2.31. The molecule has 1 aromatic rings. The molecule has 0 aromatic carbocycles. The van der Waals surface area contributed by atoms with E-state index in [9.17, 15) is 8.78 Å². The third-order valence-corrected chi connectivity index (χ3v) is 3.18. The first-order valence-corrected chi connectivity index (χ1v) is 6.22. The van der Waals surface area contributed by atoms with Gasteiger partial charge < -0.3 is 4.90 Å². The average Bonchev–Trinajstić information content (AvgIpc) is 2.26. The van der Waals surface area contributed by atoms with Crippen molar-refractivity contribution in [1.82, 2.24) is 9.97 Å². The maximum atomic E-state index is 12.4. The molecule has 0 unspecified atom stereocenters. The fourth-order valence-corrected chi connectivity index (χ4v) is 1.96. The maximum absolute atomic E-state index is 12.4. The Labute approximate surface area is 102 Å². The van der Waals surface area contributed by atoms with Gasteiger partial charge in [0.25, 0.3) is 0 Å². The van der Waals surface area contributed by atoms with Gasteiger partial charge in [0.15, 0.2) is 11.0 Å². The summed E-state index contributed by atoms with van der Waals surface area (Å²) in [6.45, 7) is 0.494. The summed E-state index contributed by atoms with van der Waals surface area (Å²) in [5, 5.41) is 9.46. The number of rotatable bonds is 3. The fraction of sp³-hybridized carbons (Fsp3) is 0.500. The van der Waals surface area contributed by atoms with E-state index in [0.717, 1.165) is 0 Å². The van der Waals surface area contributed by atoms with E-state index >= 15 is 0 Å². The normalized spacial score (nSPS) is 15.8. The minimum absolute atomic E-state index is 0.247. The van der Waals surface area contributed by atoms with E-state index in [0.29, 0.717) is 16.5 Å². The van der Waals surface area contributed by atoms with Gasteiger partial charge in [-0.15, -0.1) is 0 Å². The first kappa shape index (κ1) is 12.0. The molecule has 1 aliphatic rings. The Morgan fingerprint density at radius 3 is 2.82 bits per heavy atom. The lowest BCUT2D eigenvalue weighted by atomic mass is 10.0. The molecule has 0 radical (unpaired) electrons. The molecule has 17 heavy (non-hydrogen) atoms. The SMILES string of the molecule is CSc1ncc(C#N)c(N2CC(C(F)F)C2)n1. The van der Waals surface area contributed by atoms with Crippen LogP contribution in [0.15, 0.2) is 11.4 Å². The quantitative estimate of drug-likeness (QED) is 0.609.